The second kappa shape index (κ2) is 16.1. The normalized spacial score (nSPS) is 18.3. The quantitative estimate of drug-likeness (QED) is 0.0615. The number of rotatable bonds is 12. The van der Waals surface area contributed by atoms with Crippen molar-refractivity contribution in [1.29, 1.82) is 0 Å². The van der Waals surface area contributed by atoms with E-state index in [2.05, 4.69) is 31.2 Å². The molecule has 1 fully saturated rings. The largest absolute Gasteiger partial charge is 0.390 e. The van der Waals surface area contributed by atoms with Gasteiger partial charge in [-0.1, -0.05) is 34.1 Å². The minimum atomic E-state index is -1.40. The Balaban J connectivity index is 1.31. The van der Waals surface area contributed by atoms with Gasteiger partial charge in [-0.2, -0.15) is 5.06 Å². The highest BCUT2D eigenvalue weighted by atomic mass is 79.9. The average molecular weight is 764 g/mol. The number of nitro groups is 1. The molecule has 12 nitrogen and oxygen atoms in total. The number of carbonyl (C=O) groups excluding carboxylic acids is 1. The molecule has 0 spiro atoms. The zero-order valence-electron chi connectivity index (χ0n) is 25.8. The number of nitrogens with one attached hydrogen (secondary N) is 1. The van der Waals surface area contributed by atoms with Crippen molar-refractivity contribution in [2.45, 2.75) is 48.4 Å². The van der Waals surface area contributed by atoms with Crippen LogP contribution < -0.4 is 11.1 Å². The maximum Gasteiger partial charge on any atom is 0.285 e. The van der Waals surface area contributed by atoms with Gasteiger partial charge in [-0.25, -0.2) is 23.1 Å². The van der Waals surface area contributed by atoms with Crippen molar-refractivity contribution < 1.29 is 37.3 Å². The van der Waals surface area contributed by atoms with Crippen LogP contribution in [0.4, 0.5) is 24.7 Å². The zero-order chi connectivity index (χ0) is 35.2. The molecule has 0 radical (unpaired) electrons. The van der Waals surface area contributed by atoms with Gasteiger partial charge < -0.3 is 16.2 Å². The van der Waals surface area contributed by atoms with Crippen LogP contribution in [-0.2, 0) is 9.32 Å². The molecular weight excluding hydrogens is 733 g/mol. The van der Waals surface area contributed by atoms with Crippen LogP contribution in [0.25, 0.3) is 11.3 Å². The van der Waals surface area contributed by atoms with Gasteiger partial charge in [0.25, 0.3) is 11.6 Å². The van der Waals surface area contributed by atoms with Crippen LogP contribution in [0.3, 0.4) is 0 Å². The molecule has 5 rings (SSSR count). The number of benzene rings is 3. The van der Waals surface area contributed by atoms with Gasteiger partial charge >= 0.3 is 0 Å². The van der Waals surface area contributed by atoms with Crippen molar-refractivity contribution in [2.24, 2.45) is 0 Å². The molecule has 3 aromatic carbocycles. The van der Waals surface area contributed by atoms with Crippen LogP contribution in [-0.4, -0.2) is 56.8 Å². The molecule has 4 aromatic rings. The Morgan fingerprint density at radius 1 is 1.22 bits per heavy atom. The number of aromatic nitrogens is 2. The van der Waals surface area contributed by atoms with Crippen LogP contribution in [0, 0.1) is 21.7 Å². The Bertz CT molecular complexity index is 1820. The van der Waals surface area contributed by atoms with E-state index in [1.807, 2.05) is 0 Å². The first-order valence-corrected chi connectivity index (χ1v) is 16.4. The van der Waals surface area contributed by atoms with Crippen molar-refractivity contribution in [3.05, 3.63) is 110 Å². The van der Waals surface area contributed by atoms with Crippen molar-refractivity contribution in [1.82, 2.24) is 20.3 Å². The summed E-state index contributed by atoms with van der Waals surface area (Å²) in [6.07, 6.45) is -0.158. The van der Waals surface area contributed by atoms with Crippen LogP contribution in [0.15, 0.2) is 76.2 Å². The predicted molar refractivity (Wildman–Crippen MR) is 177 cm³/mol. The van der Waals surface area contributed by atoms with Gasteiger partial charge in [0.1, 0.15) is 34.2 Å². The summed E-state index contributed by atoms with van der Waals surface area (Å²) in [4.78, 5) is 38.2. The fourth-order valence-electron chi connectivity index (χ4n) is 5.35. The number of aliphatic hydroxyl groups excluding tert-OH is 1. The summed E-state index contributed by atoms with van der Waals surface area (Å²) < 4.78 is 49.6. The third-order valence-corrected chi connectivity index (χ3v) is 8.95. The highest BCUT2D eigenvalue weighted by Gasteiger charge is 2.31. The minimum Gasteiger partial charge on any atom is -0.390 e. The molecule has 1 aromatic heterocycles. The van der Waals surface area contributed by atoms with Gasteiger partial charge in [0.15, 0.2) is 0 Å². The number of alkyl halides is 1. The molecule has 0 aliphatic heterocycles. The first kappa shape index (κ1) is 36.2. The van der Waals surface area contributed by atoms with Gasteiger partial charge in [-0.15, -0.1) is 9.32 Å². The first-order chi connectivity index (χ1) is 23.4. The van der Waals surface area contributed by atoms with E-state index in [1.165, 1.54) is 55.7 Å². The Morgan fingerprint density at radius 3 is 2.71 bits per heavy atom. The lowest BCUT2D eigenvalue weighted by molar-refractivity contribution is -0.388. The number of aliphatic hydroxyl groups is 1. The third kappa shape index (κ3) is 9.11. The summed E-state index contributed by atoms with van der Waals surface area (Å²) in [5.74, 6) is -2.63. The number of nitrogens with two attached hydrogens (primary N) is 1. The lowest BCUT2D eigenvalue weighted by Crippen LogP contribution is -2.37. The summed E-state index contributed by atoms with van der Waals surface area (Å²) in [5.41, 5.74) is 6.69. The first-order valence-electron chi connectivity index (χ1n) is 14.9. The second-order valence-electron chi connectivity index (χ2n) is 11.3. The molecule has 49 heavy (non-hydrogen) atoms. The van der Waals surface area contributed by atoms with Crippen LogP contribution in [0.1, 0.15) is 52.8 Å². The number of amides is 1. The van der Waals surface area contributed by atoms with E-state index in [4.69, 9.17) is 15.1 Å². The monoisotopic (exact) mass is 762 g/mol. The molecular formula is C32H30BrF3N6O6S. The number of anilines is 1. The smallest absolute Gasteiger partial charge is 0.285 e. The van der Waals surface area contributed by atoms with E-state index < -0.39 is 40.8 Å². The molecule has 1 saturated carbocycles. The predicted octanol–water partition coefficient (Wildman–Crippen LogP) is 6.61. The Kier molecular flexibility index (Phi) is 11.8. The maximum absolute atomic E-state index is 15.5. The summed E-state index contributed by atoms with van der Waals surface area (Å²) in [6.45, 7) is -0.129. The average Bonchev–Trinajstić information content (AvgIpc) is 3.05. The molecule has 4 atom stereocenters. The molecule has 0 saturated heterocycles. The Labute approximate surface area is 291 Å². The van der Waals surface area contributed by atoms with Gasteiger partial charge in [0, 0.05) is 29.1 Å². The van der Waals surface area contributed by atoms with Gasteiger partial charge in [0.2, 0.25) is 0 Å². The number of nitro benzene ring substituents is 1. The number of carbonyl (C=O) groups is 1. The second-order valence-corrected chi connectivity index (χ2v) is 13.0. The Hall–Kier alpha value is -4.13. The van der Waals surface area contributed by atoms with Gasteiger partial charge in [0.05, 0.1) is 53.1 Å². The van der Waals surface area contributed by atoms with E-state index in [0.717, 1.165) is 11.1 Å². The molecule has 258 valence electrons. The van der Waals surface area contributed by atoms with Gasteiger partial charge in [-0.05, 0) is 61.2 Å². The summed E-state index contributed by atoms with van der Waals surface area (Å²) in [7, 11) is 1.45. The lowest BCUT2D eigenvalue weighted by Gasteiger charge is -2.28. The van der Waals surface area contributed by atoms with Crippen LogP contribution in [0.5, 0.6) is 0 Å². The fraction of sp³-hybridized carbons (Fsp3) is 0.281. The number of halogens is 4. The van der Waals surface area contributed by atoms with E-state index in [1.54, 1.807) is 12.1 Å². The molecule has 4 N–H and O–H groups in total. The number of likely N-dealkylation sites (N-methyl/N-ethyl adjacent to an activating group) is 1. The van der Waals surface area contributed by atoms with E-state index >= 15 is 4.39 Å². The number of para-hydroxylation sites is 1. The SMILES string of the molecule is CN(C[C@@H](NC(=O)c1ccc(-c2nc([C@H]3CC[C@H](O)[C@@H](F)C3)cnc2N)cc1F)c1cc(F)cc(Br)c1)OOSc1ccccc1[N+](=O)[O-]. The standard InChI is InChI=1S/C32H30BrF3N6O6S/c1-41(47-48-49-29-5-3-2-4-27(29)42(45)46)16-26(19-10-20(33)14-21(34)11-19)40-32(44)22-8-6-18(13-23(22)35)30-31(37)38-15-25(39-30)17-7-9-28(43)24(36)12-17/h2-6,8,10-11,13-15,17,24,26,28,43H,7,9,12,16H2,1H3,(H2,37,38)(H,40,44)/t17-,24-,26+,28-/m0/s1. The molecule has 17 heteroatoms. The molecule has 1 heterocycles. The topological polar surface area (TPSA) is 166 Å². The number of hydroxylamine groups is 2. The molecule has 1 aliphatic rings. The molecule has 1 aliphatic carbocycles. The number of nitrogen functional groups attached to an aromatic ring is 1. The van der Waals surface area contributed by atoms with Crippen molar-refractivity contribution in [3.8, 4) is 11.3 Å². The van der Waals surface area contributed by atoms with Crippen molar-refractivity contribution in [3.63, 3.8) is 0 Å². The minimum absolute atomic E-state index is 0.00929. The van der Waals surface area contributed by atoms with E-state index in [0.29, 0.717) is 34.2 Å². The van der Waals surface area contributed by atoms with Crippen molar-refractivity contribution in [2.75, 3.05) is 19.3 Å². The number of hydrogen-bond donors (Lipinski definition) is 3. The maximum atomic E-state index is 15.5. The lowest BCUT2D eigenvalue weighted by atomic mass is 9.84. The number of hydrogen-bond acceptors (Lipinski definition) is 11. The van der Waals surface area contributed by atoms with E-state index in [-0.39, 0.29) is 58.5 Å². The van der Waals surface area contributed by atoms with Crippen LogP contribution >= 0.6 is 28.0 Å². The molecule has 0 unspecified atom stereocenters. The summed E-state index contributed by atoms with van der Waals surface area (Å²) in [5, 5.41) is 24.9. The van der Waals surface area contributed by atoms with Gasteiger partial charge in [-0.3, -0.25) is 14.9 Å². The zero-order valence-corrected chi connectivity index (χ0v) is 28.2. The fourth-order valence-corrected chi connectivity index (χ4v) is 6.41. The highest BCUT2D eigenvalue weighted by molar-refractivity contribution is 9.10. The van der Waals surface area contributed by atoms with Crippen molar-refractivity contribution >= 4 is 45.4 Å². The van der Waals surface area contributed by atoms with E-state index in [9.17, 15) is 28.8 Å². The Morgan fingerprint density at radius 2 is 2.00 bits per heavy atom. The highest BCUT2D eigenvalue weighted by Crippen LogP contribution is 2.35. The summed E-state index contributed by atoms with van der Waals surface area (Å²) >= 11 is 3.84. The molecule has 1 amide bonds. The molecule has 0 bridgehead atoms. The third-order valence-electron chi connectivity index (χ3n) is 7.84. The number of nitrogens with zero attached hydrogens (tertiary/aromatic N) is 4. The summed E-state index contributed by atoms with van der Waals surface area (Å²) in [6, 6.07) is 12.7. The van der Waals surface area contributed by atoms with Crippen LogP contribution in [0.2, 0.25) is 0 Å².